The van der Waals surface area contributed by atoms with E-state index in [1.165, 1.54) is 11.1 Å². The molecule has 0 aliphatic carbocycles. The third-order valence-electron chi connectivity index (χ3n) is 5.21. The van der Waals surface area contributed by atoms with Crippen molar-refractivity contribution in [3.63, 3.8) is 0 Å². The van der Waals surface area contributed by atoms with E-state index < -0.39 is 0 Å². The Morgan fingerprint density at radius 3 is 2.88 bits per heavy atom. The van der Waals surface area contributed by atoms with Crippen LogP contribution in [0.3, 0.4) is 0 Å². The molecule has 1 fully saturated rings. The first-order chi connectivity index (χ1) is 12.2. The van der Waals surface area contributed by atoms with Crippen molar-refractivity contribution in [1.29, 1.82) is 0 Å². The van der Waals surface area contributed by atoms with E-state index in [0.717, 1.165) is 44.0 Å². The highest BCUT2D eigenvalue weighted by atomic mass is 35.5. The standard InChI is InChI=1S/C20H24N4O.ClH/c1-14-11-15(8-10-21-14)20(25)23-18-6-4-5-16-12-24(13-17(16)18)19-7-2-3-9-22-19;/h2-7,9,14-15,21H,8,10-13H2,1H3,(H,23,25);1H/t14-,15-;/m0./s1. The third kappa shape index (κ3) is 3.84. The monoisotopic (exact) mass is 372 g/mol. The number of pyridine rings is 1. The van der Waals surface area contributed by atoms with Crippen LogP contribution >= 0.6 is 12.4 Å². The summed E-state index contributed by atoms with van der Waals surface area (Å²) in [5.74, 6) is 1.22. The second kappa shape index (κ2) is 8.06. The van der Waals surface area contributed by atoms with E-state index >= 15 is 0 Å². The van der Waals surface area contributed by atoms with Crippen molar-refractivity contribution < 1.29 is 4.79 Å². The summed E-state index contributed by atoms with van der Waals surface area (Å²) in [6.07, 6.45) is 3.63. The molecule has 138 valence electrons. The number of benzene rings is 1. The molecule has 1 saturated heterocycles. The quantitative estimate of drug-likeness (QED) is 0.867. The summed E-state index contributed by atoms with van der Waals surface area (Å²) in [5, 5.41) is 6.59. The zero-order chi connectivity index (χ0) is 17.2. The highest BCUT2D eigenvalue weighted by molar-refractivity contribution is 5.93. The summed E-state index contributed by atoms with van der Waals surface area (Å²) in [4.78, 5) is 19.4. The molecule has 2 aromatic rings. The van der Waals surface area contributed by atoms with Crippen molar-refractivity contribution in [2.75, 3.05) is 16.8 Å². The Hall–Kier alpha value is -2.11. The molecule has 2 aliphatic heterocycles. The lowest BCUT2D eigenvalue weighted by atomic mass is 9.92. The third-order valence-corrected chi connectivity index (χ3v) is 5.21. The van der Waals surface area contributed by atoms with E-state index in [2.05, 4.69) is 33.5 Å². The van der Waals surface area contributed by atoms with E-state index in [1.54, 1.807) is 0 Å². The number of halogens is 1. The molecule has 1 aromatic heterocycles. The second-order valence-electron chi connectivity index (χ2n) is 7.05. The maximum atomic E-state index is 12.7. The van der Waals surface area contributed by atoms with E-state index in [4.69, 9.17) is 0 Å². The number of fused-ring (bicyclic) bond motifs is 1. The van der Waals surface area contributed by atoms with Crippen LogP contribution < -0.4 is 15.5 Å². The molecular weight excluding hydrogens is 348 g/mol. The summed E-state index contributed by atoms with van der Waals surface area (Å²) in [6.45, 7) is 4.68. The van der Waals surface area contributed by atoms with Gasteiger partial charge in [-0.15, -0.1) is 12.4 Å². The SMILES string of the molecule is C[C@H]1C[C@@H](C(=O)Nc2cccc3c2CN(c2ccccn2)C3)CCN1.Cl. The highest BCUT2D eigenvalue weighted by Crippen LogP contribution is 2.32. The number of carbonyl (C=O) groups is 1. The molecule has 1 amide bonds. The Morgan fingerprint density at radius 2 is 2.12 bits per heavy atom. The maximum absolute atomic E-state index is 12.7. The summed E-state index contributed by atoms with van der Waals surface area (Å²) in [6, 6.07) is 12.6. The zero-order valence-electron chi connectivity index (χ0n) is 14.9. The Balaban J connectivity index is 0.00000196. The van der Waals surface area contributed by atoms with Crippen LogP contribution in [-0.2, 0) is 17.9 Å². The molecule has 0 radical (unpaired) electrons. The Bertz CT molecular complexity index is 768. The zero-order valence-corrected chi connectivity index (χ0v) is 15.8. The van der Waals surface area contributed by atoms with Gasteiger partial charge in [0, 0.05) is 36.9 Å². The van der Waals surface area contributed by atoms with Crippen molar-refractivity contribution in [3.8, 4) is 0 Å². The van der Waals surface area contributed by atoms with Crippen molar-refractivity contribution >= 4 is 29.8 Å². The van der Waals surface area contributed by atoms with Gasteiger partial charge in [0.25, 0.3) is 0 Å². The first kappa shape index (κ1) is 18.7. The molecule has 6 heteroatoms. The topological polar surface area (TPSA) is 57.3 Å². The van der Waals surface area contributed by atoms with Crippen LogP contribution in [0.1, 0.15) is 30.9 Å². The van der Waals surface area contributed by atoms with Crippen molar-refractivity contribution in [1.82, 2.24) is 10.3 Å². The lowest BCUT2D eigenvalue weighted by Gasteiger charge is -2.27. The van der Waals surface area contributed by atoms with E-state index in [-0.39, 0.29) is 24.2 Å². The number of nitrogens with zero attached hydrogens (tertiary/aromatic N) is 2. The number of hydrogen-bond donors (Lipinski definition) is 2. The van der Waals surface area contributed by atoms with Crippen molar-refractivity contribution in [2.45, 2.75) is 38.9 Å². The number of carbonyl (C=O) groups excluding carboxylic acids is 1. The van der Waals surface area contributed by atoms with Crippen LogP contribution in [0.25, 0.3) is 0 Å². The first-order valence-electron chi connectivity index (χ1n) is 9.01. The number of rotatable bonds is 3. The fraction of sp³-hybridized carbons (Fsp3) is 0.400. The lowest BCUT2D eigenvalue weighted by molar-refractivity contribution is -0.120. The van der Waals surface area contributed by atoms with Gasteiger partial charge in [0.05, 0.1) is 0 Å². The largest absolute Gasteiger partial charge is 0.348 e. The van der Waals surface area contributed by atoms with Gasteiger partial charge in [-0.05, 0) is 55.6 Å². The Labute approximate surface area is 160 Å². The lowest BCUT2D eigenvalue weighted by Crippen LogP contribution is -2.40. The minimum absolute atomic E-state index is 0. The Kier molecular flexibility index (Phi) is 5.79. The van der Waals surface area contributed by atoms with Gasteiger partial charge in [0.15, 0.2) is 0 Å². The van der Waals surface area contributed by atoms with E-state index in [9.17, 15) is 4.79 Å². The minimum atomic E-state index is 0. The fourth-order valence-electron chi connectivity index (χ4n) is 3.85. The smallest absolute Gasteiger partial charge is 0.227 e. The summed E-state index contributed by atoms with van der Waals surface area (Å²) in [7, 11) is 0. The predicted octanol–water partition coefficient (Wildman–Crippen LogP) is 3.35. The molecule has 1 aromatic carbocycles. The minimum Gasteiger partial charge on any atom is -0.348 e. The molecule has 4 rings (SSSR count). The number of anilines is 2. The fourth-order valence-corrected chi connectivity index (χ4v) is 3.85. The van der Waals surface area contributed by atoms with Crippen LogP contribution in [-0.4, -0.2) is 23.5 Å². The molecule has 0 spiro atoms. The maximum Gasteiger partial charge on any atom is 0.227 e. The normalized spacial score (nSPS) is 21.7. The van der Waals surface area contributed by atoms with Gasteiger partial charge in [-0.3, -0.25) is 4.79 Å². The number of aromatic nitrogens is 1. The number of nitrogens with one attached hydrogen (secondary N) is 2. The van der Waals surface area contributed by atoms with Gasteiger partial charge in [-0.1, -0.05) is 18.2 Å². The van der Waals surface area contributed by atoms with E-state index in [0.29, 0.717) is 6.04 Å². The first-order valence-corrected chi connectivity index (χ1v) is 9.01. The summed E-state index contributed by atoms with van der Waals surface area (Å²) in [5.41, 5.74) is 3.43. The van der Waals surface area contributed by atoms with Crippen LogP contribution in [0.15, 0.2) is 42.6 Å². The molecular formula is C20H25ClN4O. The number of amides is 1. The van der Waals surface area contributed by atoms with Crippen LogP contribution in [0.2, 0.25) is 0 Å². The van der Waals surface area contributed by atoms with Gasteiger partial charge in [-0.25, -0.2) is 4.98 Å². The molecule has 2 atom stereocenters. The van der Waals surface area contributed by atoms with Gasteiger partial charge in [0.1, 0.15) is 5.82 Å². The van der Waals surface area contributed by atoms with Gasteiger partial charge < -0.3 is 15.5 Å². The number of hydrogen-bond acceptors (Lipinski definition) is 4. The van der Waals surface area contributed by atoms with Crippen molar-refractivity contribution in [3.05, 3.63) is 53.7 Å². The number of piperidine rings is 1. The summed E-state index contributed by atoms with van der Waals surface area (Å²) < 4.78 is 0. The van der Waals surface area contributed by atoms with Gasteiger partial charge >= 0.3 is 0 Å². The molecule has 26 heavy (non-hydrogen) atoms. The van der Waals surface area contributed by atoms with Crippen LogP contribution in [0.4, 0.5) is 11.5 Å². The van der Waals surface area contributed by atoms with E-state index in [1.807, 2.05) is 36.5 Å². The predicted molar refractivity (Wildman–Crippen MR) is 107 cm³/mol. The van der Waals surface area contributed by atoms with Crippen LogP contribution in [0.5, 0.6) is 0 Å². The highest BCUT2D eigenvalue weighted by Gasteiger charge is 2.27. The Morgan fingerprint density at radius 1 is 1.23 bits per heavy atom. The van der Waals surface area contributed by atoms with Crippen molar-refractivity contribution in [2.24, 2.45) is 5.92 Å². The molecule has 2 N–H and O–H groups in total. The average Bonchev–Trinajstić information content (AvgIpc) is 3.08. The second-order valence-corrected chi connectivity index (χ2v) is 7.05. The van der Waals surface area contributed by atoms with Gasteiger partial charge in [0.2, 0.25) is 5.91 Å². The molecule has 5 nitrogen and oxygen atoms in total. The molecule has 0 bridgehead atoms. The van der Waals surface area contributed by atoms with Crippen LogP contribution in [0, 0.1) is 5.92 Å². The molecule has 2 aliphatic rings. The molecule has 0 unspecified atom stereocenters. The average molecular weight is 373 g/mol. The summed E-state index contributed by atoms with van der Waals surface area (Å²) >= 11 is 0. The molecule has 0 saturated carbocycles. The molecule has 3 heterocycles. The van der Waals surface area contributed by atoms with Gasteiger partial charge in [-0.2, -0.15) is 0 Å².